The van der Waals surface area contributed by atoms with Crippen LogP contribution in [0.4, 0.5) is 5.82 Å². The van der Waals surface area contributed by atoms with Crippen molar-refractivity contribution in [1.82, 2.24) is 4.98 Å². The molecule has 16 heavy (non-hydrogen) atoms. The first-order chi connectivity index (χ1) is 7.45. The van der Waals surface area contributed by atoms with Gasteiger partial charge in [0, 0.05) is 11.7 Å². The molecule has 0 bridgehead atoms. The summed E-state index contributed by atoms with van der Waals surface area (Å²) >= 11 is 0. The van der Waals surface area contributed by atoms with Crippen molar-refractivity contribution in [2.75, 3.05) is 5.32 Å². The van der Waals surface area contributed by atoms with Crippen LogP contribution in [0.2, 0.25) is 0 Å². The number of hydrogen-bond acceptors (Lipinski definition) is 3. The summed E-state index contributed by atoms with van der Waals surface area (Å²) in [7, 11) is 0. The van der Waals surface area contributed by atoms with Gasteiger partial charge in [0.25, 0.3) is 0 Å². The zero-order chi connectivity index (χ0) is 12.3. The number of carboxylic acids is 1. The van der Waals surface area contributed by atoms with Crippen molar-refractivity contribution in [3.05, 3.63) is 35.5 Å². The van der Waals surface area contributed by atoms with Gasteiger partial charge in [0.2, 0.25) is 0 Å². The Balaban J connectivity index is 3.23. The molecule has 1 atom stereocenters. The summed E-state index contributed by atoms with van der Waals surface area (Å²) in [6.07, 6.45) is 1.70. The number of aryl methyl sites for hydroxylation is 2. The monoisotopic (exact) mass is 220 g/mol. The molecule has 1 rings (SSSR count). The topological polar surface area (TPSA) is 62.2 Å². The Morgan fingerprint density at radius 3 is 2.75 bits per heavy atom. The Hall–Kier alpha value is -1.84. The first-order valence-corrected chi connectivity index (χ1v) is 5.06. The van der Waals surface area contributed by atoms with Gasteiger partial charge in [0.15, 0.2) is 0 Å². The second-order valence-electron chi connectivity index (χ2n) is 3.78. The molecule has 1 unspecified atom stereocenters. The number of aromatic carboxylic acids is 1. The van der Waals surface area contributed by atoms with E-state index in [9.17, 15) is 4.79 Å². The van der Waals surface area contributed by atoms with Crippen molar-refractivity contribution in [3.63, 3.8) is 0 Å². The van der Waals surface area contributed by atoms with E-state index in [1.54, 1.807) is 19.1 Å². The molecule has 2 N–H and O–H groups in total. The van der Waals surface area contributed by atoms with Gasteiger partial charge in [-0.2, -0.15) is 0 Å². The molecule has 0 saturated heterocycles. The Morgan fingerprint density at radius 1 is 1.62 bits per heavy atom. The van der Waals surface area contributed by atoms with Gasteiger partial charge < -0.3 is 10.4 Å². The van der Waals surface area contributed by atoms with Crippen LogP contribution in [-0.4, -0.2) is 22.1 Å². The maximum absolute atomic E-state index is 11.1. The third-order valence-corrected chi connectivity index (χ3v) is 2.28. The summed E-state index contributed by atoms with van der Waals surface area (Å²) in [5, 5.41) is 12.1. The van der Waals surface area contributed by atoms with E-state index in [4.69, 9.17) is 5.11 Å². The molecule has 0 aliphatic rings. The van der Waals surface area contributed by atoms with Crippen molar-refractivity contribution in [2.24, 2.45) is 0 Å². The van der Waals surface area contributed by atoms with E-state index < -0.39 is 5.97 Å². The number of carboxylic acid groups (broad SMARTS) is 1. The van der Waals surface area contributed by atoms with E-state index >= 15 is 0 Å². The van der Waals surface area contributed by atoms with Crippen LogP contribution in [0.1, 0.15) is 28.5 Å². The van der Waals surface area contributed by atoms with Crippen molar-refractivity contribution >= 4 is 11.8 Å². The van der Waals surface area contributed by atoms with Gasteiger partial charge in [-0.05, 0) is 32.4 Å². The average Bonchev–Trinajstić information content (AvgIpc) is 2.15. The lowest BCUT2D eigenvalue weighted by Gasteiger charge is -2.14. The summed E-state index contributed by atoms with van der Waals surface area (Å²) in [5.74, 6) is -0.568. The molecule has 1 aromatic heterocycles. The molecule has 0 aromatic carbocycles. The largest absolute Gasteiger partial charge is 0.478 e. The molecule has 0 fully saturated rings. The first kappa shape index (κ1) is 12.2. The summed E-state index contributed by atoms with van der Waals surface area (Å²) in [6.45, 7) is 9.13. The van der Waals surface area contributed by atoms with Crippen LogP contribution in [0.15, 0.2) is 18.7 Å². The SMILES string of the molecule is C=CC(C)Nc1nc(C)cc(C)c1C(=O)O. The van der Waals surface area contributed by atoms with E-state index in [1.165, 1.54) is 0 Å². The second-order valence-corrected chi connectivity index (χ2v) is 3.78. The molecule has 0 aliphatic heterocycles. The van der Waals surface area contributed by atoms with Crippen LogP contribution >= 0.6 is 0 Å². The molecule has 1 aromatic rings. The smallest absolute Gasteiger partial charge is 0.339 e. The highest BCUT2D eigenvalue weighted by Gasteiger charge is 2.16. The zero-order valence-corrected chi connectivity index (χ0v) is 9.74. The third-order valence-electron chi connectivity index (χ3n) is 2.28. The van der Waals surface area contributed by atoms with Crippen molar-refractivity contribution < 1.29 is 9.90 Å². The second kappa shape index (κ2) is 4.79. The van der Waals surface area contributed by atoms with E-state index in [2.05, 4.69) is 16.9 Å². The first-order valence-electron chi connectivity index (χ1n) is 5.06. The molecule has 0 amide bonds. The predicted octanol–water partition coefficient (Wildman–Crippen LogP) is 2.38. The number of carbonyl (C=O) groups is 1. The fourth-order valence-corrected chi connectivity index (χ4v) is 1.49. The van der Waals surface area contributed by atoms with Crippen molar-refractivity contribution in [2.45, 2.75) is 26.8 Å². The third kappa shape index (κ3) is 2.59. The quantitative estimate of drug-likeness (QED) is 0.765. The average molecular weight is 220 g/mol. The Bertz CT molecular complexity index is 427. The Labute approximate surface area is 95.0 Å². The van der Waals surface area contributed by atoms with Crippen LogP contribution in [0, 0.1) is 13.8 Å². The highest BCUT2D eigenvalue weighted by molar-refractivity contribution is 5.94. The van der Waals surface area contributed by atoms with E-state index in [-0.39, 0.29) is 11.6 Å². The van der Waals surface area contributed by atoms with Gasteiger partial charge in [0.05, 0.1) is 0 Å². The fraction of sp³-hybridized carbons (Fsp3) is 0.333. The van der Waals surface area contributed by atoms with E-state index in [0.717, 1.165) is 5.69 Å². The molecular weight excluding hydrogens is 204 g/mol. The van der Waals surface area contributed by atoms with Gasteiger partial charge >= 0.3 is 5.97 Å². The van der Waals surface area contributed by atoms with Crippen molar-refractivity contribution in [1.29, 1.82) is 0 Å². The number of aromatic nitrogens is 1. The predicted molar refractivity (Wildman–Crippen MR) is 64.0 cm³/mol. The Morgan fingerprint density at radius 2 is 2.25 bits per heavy atom. The Kier molecular flexibility index (Phi) is 3.66. The van der Waals surface area contributed by atoms with Gasteiger partial charge in [-0.15, -0.1) is 6.58 Å². The van der Waals surface area contributed by atoms with Crippen molar-refractivity contribution in [3.8, 4) is 0 Å². The summed E-state index contributed by atoms with van der Waals surface area (Å²) < 4.78 is 0. The molecule has 86 valence electrons. The molecular formula is C12H16N2O2. The molecule has 0 saturated carbocycles. The van der Waals surface area contributed by atoms with Crippen LogP contribution in [0.25, 0.3) is 0 Å². The number of pyridine rings is 1. The zero-order valence-electron chi connectivity index (χ0n) is 9.74. The minimum absolute atomic E-state index is 0.0215. The lowest BCUT2D eigenvalue weighted by Crippen LogP contribution is -2.17. The minimum atomic E-state index is -0.969. The van der Waals surface area contributed by atoms with Crippen LogP contribution < -0.4 is 5.32 Å². The highest BCUT2D eigenvalue weighted by atomic mass is 16.4. The normalized spacial score (nSPS) is 11.9. The molecule has 4 nitrogen and oxygen atoms in total. The summed E-state index contributed by atoms with van der Waals surface area (Å²) in [5.41, 5.74) is 1.72. The van der Waals surface area contributed by atoms with E-state index in [0.29, 0.717) is 11.4 Å². The standard InChI is InChI=1S/C12H16N2O2/c1-5-8(3)13-11-10(12(15)16)7(2)6-9(4)14-11/h5-6,8H,1H2,2-4H3,(H,13,14)(H,15,16). The highest BCUT2D eigenvalue weighted by Crippen LogP contribution is 2.19. The van der Waals surface area contributed by atoms with Gasteiger partial charge in [-0.3, -0.25) is 0 Å². The number of rotatable bonds is 4. The molecule has 0 aliphatic carbocycles. The lowest BCUT2D eigenvalue weighted by atomic mass is 10.1. The van der Waals surface area contributed by atoms with E-state index in [1.807, 2.05) is 13.8 Å². The number of anilines is 1. The maximum Gasteiger partial charge on any atom is 0.339 e. The molecule has 0 radical (unpaired) electrons. The minimum Gasteiger partial charge on any atom is -0.478 e. The van der Waals surface area contributed by atoms with Gasteiger partial charge in [0.1, 0.15) is 11.4 Å². The summed E-state index contributed by atoms with van der Waals surface area (Å²) in [4.78, 5) is 15.3. The number of hydrogen-bond donors (Lipinski definition) is 2. The molecule has 0 spiro atoms. The number of nitrogens with one attached hydrogen (secondary N) is 1. The molecule has 4 heteroatoms. The lowest BCUT2D eigenvalue weighted by molar-refractivity contribution is 0.0697. The van der Waals surface area contributed by atoms with Crippen LogP contribution in [-0.2, 0) is 0 Å². The van der Waals surface area contributed by atoms with Gasteiger partial charge in [-0.25, -0.2) is 9.78 Å². The molecule has 1 heterocycles. The van der Waals surface area contributed by atoms with Crippen LogP contribution in [0.3, 0.4) is 0 Å². The fourth-order valence-electron chi connectivity index (χ4n) is 1.49. The maximum atomic E-state index is 11.1. The van der Waals surface area contributed by atoms with Gasteiger partial charge in [-0.1, -0.05) is 6.08 Å². The number of nitrogens with zero attached hydrogens (tertiary/aromatic N) is 1. The van der Waals surface area contributed by atoms with Crippen LogP contribution in [0.5, 0.6) is 0 Å². The summed E-state index contributed by atoms with van der Waals surface area (Å²) in [6, 6.07) is 1.74.